The van der Waals surface area contributed by atoms with Gasteiger partial charge in [-0.05, 0) is 47.6 Å². The van der Waals surface area contributed by atoms with Crippen LogP contribution in [-0.4, -0.2) is 36.0 Å². The van der Waals surface area contributed by atoms with E-state index in [9.17, 15) is 9.59 Å². The fourth-order valence-electron chi connectivity index (χ4n) is 2.37. The maximum absolute atomic E-state index is 12.3. The van der Waals surface area contributed by atoms with Gasteiger partial charge in [0.1, 0.15) is 0 Å². The van der Waals surface area contributed by atoms with Gasteiger partial charge in [-0.15, -0.1) is 0 Å². The van der Waals surface area contributed by atoms with E-state index in [4.69, 9.17) is 0 Å². The fraction of sp³-hybridized carbons (Fsp3) is 0.467. The number of nitrogens with one attached hydrogen (secondary N) is 2. The van der Waals surface area contributed by atoms with Crippen molar-refractivity contribution in [1.29, 1.82) is 0 Å². The van der Waals surface area contributed by atoms with Crippen molar-refractivity contribution in [1.82, 2.24) is 10.2 Å². The van der Waals surface area contributed by atoms with Gasteiger partial charge in [0, 0.05) is 29.1 Å². The van der Waals surface area contributed by atoms with E-state index >= 15 is 0 Å². The third kappa shape index (κ3) is 4.59. The molecular weight excluding hydrogens is 381 g/mol. The van der Waals surface area contributed by atoms with Gasteiger partial charge in [0.15, 0.2) is 0 Å². The first kappa shape index (κ1) is 16.1. The Bertz CT molecular complexity index is 521. The molecule has 0 radical (unpaired) electrons. The second-order valence-corrected chi connectivity index (χ2v) is 6.28. The van der Waals surface area contributed by atoms with Gasteiger partial charge in [-0.25, -0.2) is 4.79 Å². The molecule has 0 saturated carbocycles. The number of hydrogen-bond donors (Lipinski definition) is 2. The highest BCUT2D eigenvalue weighted by Gasteiger charge is 2.24. The lowest BCUT2D eigenvalue weighted by molar-refractivity contribution is -0.121. The molecule has 1 unspecified atom stereocenters. The normalized spacial score (nSPS) is 18.2. The van der Waals surface area contributed by atoms with Gasteiger partial charge in [0.25, 0.3) is 0 Å². The van der Waals surface area contributed by atoms with Crippen molar-refractivity contribution in [2.24, 2.45) is 0 Å². The number of nitrogens with zero attached hydrogens (tertiary/aromatic N) is 1. The number of carbonyl (C=O) groups is 2. The zero-order chi connectivity index (χ0) is 15.2. The minimum atomic E-state index is -0.102. The topological polar surface area (TPSA) is 61.4 Å². The van der Waals surface area contributed by atoms with Crippen molar-refractivity contribution < 1.29 is 9.59 Å². The number of piperidine rings is 1. The molecule has 0 aliphatic carbocycles. The zero-order valence-corrected chi connectivity index (χ0v) is 14.2. The Balaban J connectivity index is 1.93. The standard InChI is InChI=1S/C15H20IN3O2/c1-2-14(20)17-11-6-5-9-19(10-11)15(21)18-13-8-4-3-7-12(13)16/h3-4,7-8,11H,2,5-6,9-10H2,1H3,(H,17,20)(H,18,21). The number of carbonyl (C=O) groups excluding carboxylic acids is 2. The number of para-hydroxylation sites is 1. The van der Waals surface area contributed by atoms with E-state index in [2.05, 4.69) is 33.2 Å². The highest BCUT2D eigenvalue weighted by atomic mass is 127. The van der Waals surface area contributed by atoms with Crippen molar-refractivity contribution in [2.45, 2.75) is 32.2 Å². The van der Waals surface area contributed by atoms with E-state index in [-0.39, 0.29) is 18.0 Å². The third-order valence-electron chi connectivity index (χ3n) is 3.51. The molecule has 0 bridgehead atoms. The molecule has 114 valence electrons. The van der Waals surface area contributed by atoms with E-state index in [1.54, 1.807) is 4.90 Å². The first-order valence-corrected chi connectivity index (χ1v) is 8.28. The second kappa shape index (κ2) is 7.63. The average molecular weight is 401 g/mol. The summed E-state index contributed by atoms with van der Waals surface area (Å²) in [7, 11) is 0. The Morgan fingerprint density at radius 2 is 2.14 bits per heavy atom. The van der Waals surface area contributed by atoms with Crippen molar-refractivity contribution in [3.63, 3.8) is 0 Å². The molecule has 21 heavy (non-hydrogen) atoms. The van der Waals surface area contributed by atoms with Crippen molar-refractivity contribution in [2.75, 3.05) is 18.4 Å². The summed E-state index contributed by atoms with van der Waals surface area (Å²) in [5.74, 6) is 0.0415. The number of rotatable bonds is 3. The van der Waals surface area contributed by atoms with Gasteiger partial charge < -0.3 is 15.5 Å². The molecule has 1 fully saturated rings. The molecule has 1 heterocycles. The Morgan fingerprint density at radius 3 is 2.86 bits per heavy atom. The first-order valence-electron chi connectivity index (χ1n) is 7.20. The number of anilines is 1. The lowest BCUT2D eigenvalue weighted by Crippen LogP contribution is -2.50. The van der Waals surface area contributed by atoms with Gasteiger partial charge in [-0.3, -0.25) is 4.79 Å². The summed E-state index contributed by atoms with van der Waals surface area (Å²) >= 11 is 2.20. The molecule has 2 N–H and O–H groups in total. The van der Waals surface area contributed by atoms with Crippen LogP contribution in [0.25, 0.3) is 0 Å². The number of hydrogen-bond acceptors (Lipinski definition) is 2. The molecule has 1 aromatic rings. The van der Waals surface area contributed by atoms with Gasteiger partial charge in [0.05, 0.1) is 5.69 Å². The van der Waals surface area contributed by atoms with Crippen LogP contribution in [0.15, 0.2) is 24.3 Å². The maximum Gasteiger partial charge on any atom is 0.321 e. The van der Waals surface area contributed by atoms with Crippen LogP contribution in [0.1, 0.15) is 26.2 Å². The fourth-order valence-corrected chi connectivity index (χ4v) is 2.89. The number of urea groups is 1. The summed E-state index contributed by atoms with van der Waals surface area (Å²) in [5, 5.41) is 5.90. The molecule has 1 atom stereocenters. The molecule has 1 aromatic carbocycles. The smallest absolute Gasteiger partial charge is 0.321 e. The lowest BCUT2D eigenvalue weighted by Gasteiger charge is -2.33. The second-order valence-electron chi connectivity index (χ2n) is 5.12. The highest BCUT2D eigenvalue weighted by Crippen LogP contribution is 2.18. The van der Waals surface area contributed by atoms with E-state index in [1.807, 2.05) is 31.2 Å². The third-order valence-corrected chi connectivity index (χ3v) is 4.45. The molecule has 1 saturated heterocycles. The minimum Gasteiger partial charge on any atom is -0.352 e. The molecule has 6 heteroatoms. The summed E-state index contributed by atoms with van der Waals surface area (Å²) in [6, 6.07) is 7.64. The number of benzene rings is 1. The predicted molar refractivity (Wildman–Crippen MR) is 91.2 cm³/mol. The molecule has 1 aliphatic heterocycles. The van der Waals surface area contributed by atoms with E-state index in [0.717, 1.165) is 28.6 Å². The lowest BCUT2D eigenvalue weighted by atomic mass is 10.1. The van der Waals surface area contributed by atoms with Gasteiger partial charge in [-0.1, -0.05) is 19.1 Å². The average Bonchev–Trinajstić information content (AvgIpc) is 2.49. The van der Waals surface area contributed by atoms with Crippen LogP contribution in [-0.2, 0) is 4.79 Å². The highest BCUT2D eigenvalue weighted by molar-refractivity contribution is 14.1. The Labute approximate surface area is 138 Å². The van der Waals surface area contributed by atoms with E-state index in [1.165, 1.54) is 0 Å². The number of amides is 3. The SMILES string of the molecule is CCC(=O)NC1CCCN(C(=O)Nc2ccccc2I)C1. The van der Waals surface area contributed by atoms with Crippen molar-refractivity contribution in [3.8, 4) is 0 Å². The largest absolute Gasteiger partial charge is 0.352 e. The van der Waals surface area contributed by atoms with Crippen LogP contribution < -0.4 is 10.6 Å². The molecule has 5 nitrogen and oxygen atoms in total. The molecule has 2 rings (SSSR count). The summed E-state index contributed by atoms with van der Waals surface area (Å²) < 4.78 is 1.01. The van der Waals surface area contributed by atoms with Crippen LogP contribution in [0.2, 0.25) is 0 Å². The first-order chi connectivity index (χ1) is 10.1. The molecule has 0 spiro atoms. The zero-order valence-electron chi connectivity index (χ0n) is 12.1. The van der Waals surface area contributed by atoms with Gasteiger partial charge in [0.2, 0.25) is 5.91 Å². The monoisotopic (exact) mass is 401 g/mol. The molecule has 3 amide bonds. The Kier molecular flexibility index (Phi) is 5.84. The summed E-state index contributed by atoms with van der Waals surface area (Å²) in [6.45, 7) is 3.13. The Morgan fingerprint density at radius 1 is 1.38 bits per heavy atom. The van der Waals surface area contributed by atoms with E-state index in [0.29, 0.717) is 13.0 Å². The van der Waals surface area contributed by atoms with Crippen LogP contribution in [0.3, 0.4) is 0 Å². The Hall–Kier alpha value is -1.31. The van der Waals surface area contributed by atoms with Gasteiger partial charge >= 0.3 is 6.03 Å². The molecule has 0 aromatic heterocycles. The van der Waals surface area contributed by atoms with Crippen LogP contribution in [0, 0.1) is 3.57 Å². The summed E-state index contributed by atoms with van der Waals surface area (Å²) in [4.78, 5) is 25.6. The van der Waals surface area contributed by atoms with Gasteiger partial charge in [-0.2, -0.15) is 0 Å². The van der Waals surface area contributed by atoms with Crippen molar-refractivity contribution >= 4 is 40.2 Å². The van der Waals surface area contributed by atoms with E-state index < -0.39 is 0 Å². The van der Waals surface area contributed by atoms with Crippen LogP contribution in [0.4, 0.5) is 10.5 Å². The minimum absolute atomic E-state index is 0.0415. The number of halogens is 1. The van der Waals surface area contributed by atoms with Crippen LogP contribution >= 0.6 is 22.6 Å². The van der Waals surface area contributed by atoms with Crippen LogP contribution in [0.5, 0.6) is 0 Å². The number of likely N-dealkylation sites (tertiary alicyclic amines) is 1. The maximum atomic E-state index is 12.3. The summed E-state index contributed by atoms with van der Waals surface area (Å²) in [6.07, 6.45) is 2.32. The quantitative estimate of drug-likeness (QED) is 0.766. The predicted octanol–water partition coefficient (Wildman–Crippen LogP) is 2.81. The molecule has 1 aliphatic rings. The summed E-state index contributed by atoms with van der Waals surface area (Å²) in [5.41, 5.74) is 0.822. The van der Waals surface area contributed by atoms with Crippen molar-refractivity contribution in [3.05, 3.63) is 27.8 Å². The molecular formula is C15H20IN3O2.